The van der Waals surface area contributed by atoms with Gasteiger partial charge in [0, 0.05) is 42.9 Å². The van der Waals surface area contributed by atoms with Crippen molar-refractivity contribution in [1.82, 2.24) is 19.2 Å². The average molecular weight is 459 g/mol. The largest absolute Gasteiger partial charge is 0.397 e. The Morgan fingerprint density at radius 1 is 1.22 bits per heavy atom. The van der Waals surface area contributed by atoms with E-state index >= 15 is 0 Å². The molecule has 4 rings (SSSR count). The molecule has 3 aromatic rings. The fraction of sp³-hybridized carbons (Fsp3) is 0.409. The highest BCUT2D eigenvalue weighted by molar-refractivity contribution is 7.89. The highest BCUT2D eigenvalue weighted by Gasteiger charge is 2.32. The Morgan fingerprint density at radius 3 is 2.66 bits per heavy atom. The predicted molar refractivity (Wildman–Crippen MR) is 125 cm³/mol. The number of hydrogen-bond donors (Lipinski definition) is 4. The second-order valence-electron chi connectivity index (χ2n) is 8.52. The SMILES string of the molecule is CC1CCN(C(=O)C(CCn2cccc2N)NS(=O)(=O)c2cccc3[nH]cc(N)c23)CC1. The van der Waals surface area contributed by atoms with Crippen LogP contribution in [0, 0.1) is 5.92 Å². The van der Waals surface area contributed by atoms with E-state index in [9.17, 15) is 13.2 Å². The van der Waals surface area contributed by atoms with Gasteiger partial charge in [-0.3, -0.25) is 4.79 Å². The summed E-state index contributed by atoms with van der Waals surface area (Å²) in [5, 5.41) is 0.424. The van der Waals surface area contributed by atoms with Gasteiger partial charge in [-0.2, -0.15) is 4.72 Å². The molecule has 1 atom stereocenters. The summed E-state index contributed by atoms with van der Waals surface area (Å²) in [6, 6.07) is 7.58. The van der Waals surface area contributed by atoms with Crippen molar-refractivity contribution in [3.8, 4) is 0 Å². The van der Waals surface area contributed by atoms with E-state index in [-0.39, 0.29) is 17.2 Å². The Hall–Kier alpha value is -2.98. The number of likely N-dealkylation sites (tertiary alicyclic amines) is 1. The number of nitrogen functional groups attached to an aromatic ring is 2. The highest BCUT2D eigenvalue weighted by atomic mass is 32.2. The zero-order valence-corrected chi connectivity index (χ0v) is 18.9. The normalized spacial score (nSPS) is 16.5. The Bertz CT molecular complexity index is 1210. The number of nitrogens with one attached hydrogen (secondary N) is 2. The highest BCUT2D eigenvalue weighted by Crippen LogP contribution is 2.28. The molecule has 1 amide bonds. The van der Waals surface area contributed by atoms with Crippen molar-refractivity contribution in [1.29, 1.82) is 0 Å². The number of carbonyl (C=O) groups excluding carboxylic acids is 1. The number of sulfonamides is 1. The molecule has 1 saturated heterocycles. The standard InChI is InChI=1S/C22H30N6O3S/c1-15-7-11-28(12-8-15)22(29)18(9-13-27-10-3-6-20(27)24)26-32(30,31)19-5-2-4-17-21(19)16(23)14-25-17/h2-6,10,14-15,18,25-26H,7-9,11-13,23-24H2,1H3. The van der Waals surface area contributed by atoms with Crippen LogP contribution in [0.2, 0.25) is 0 Å². The van der Waals surface area contributed by atoms with Gasteiger partial charge in [0.1, 0.15) is 11.9 Å². The van der Waals surface area contributed by atoms with Crippen LogP contribution in [-0.2, 0) is 21.4 Å². The van der Waals surface area contributed by atoms with E-state index in [1.165, 1.54) is 6.07 Å². The average Bonchev–Trinajstić information content (AvgIpc) is 3.36. The van der Waals surface area contributed by atoms with Gasteiger partial charge in [0.25, 0.3) is 0 Å². The third-order valence-corrected chi connectivity index (χ3v) is 7.72. The van der Waals surface area contributed by atoms with Crippen LogP contribution in [0.1, 0.15) is 26.2 Å². The van der Waals surface area contributed by atoms with Crippen molar-refractivity contribution in [2.75, 3.05) is 24.6 Å². The monoisotopic (exact) mass is 458 g/mol. The molecule has 1 aromatic carbocycles. The zero-order chi connectivity index (χ0) is 22.9. The lowest BCUT2D eigenvalue weighted by molar-refractivity contribution is -0.134. The van der Waals surface area contributed by atoms with E-state index in [1.807, 2.05) is 12.3 Å². The first-order valence-electron chi connectivity index (χ1n) is 10.8. The van der Waals surface area contributed by atoms with Crippen molar-refractivity contribution in [3.63, 3.8) is 0 Å². The minimum absolute atomic E-state index is 0.0549. The first kappa shape index (κ1) is 22.2. The van der Waals surface area contributed by atoms with E-state index in [4.69, 9.17) is 11.5 Å². The third-order valence-electron chi connectivity index (χ3n) is 6.20. The number of H-pyrrole nitrogens is 1. The molecular formula is C22H30N6O3S. The molecule has 9 nitrogen and oxygen atoms in total. The smallest absolute Gasteiger partial charge is 0.242 e. The number of fused-ring (bicyclic) bond motifs is 1. The van der Waals surface area contributed by atoms with Crippen molar-refractivity contribution in [2.24, 2.45) is 5.92 Å². The molecule has 0 spiro atoms. The maximum absolute atomic E-state index is 13.4. The summed E-state index contributed by atoms with van der Waals surface area (Å²) in [5.74, 6) is 0.916. The lowest BCUT2D eigenvalue weighted by Crippen LogP contribution is -2.50. The van der Waals surface area contributed by atoms with E-state index in [0.29, 0.717) is 48.0 Å². The van der Waals surface area contributed by atoms with Crippen LogP contribution in [0.3, 0.4) is 0 Å². The van der Waals surface area contributed by atoms with Gasteiger partial charge in [0.05, 0.1) is 10.6 Å². The van der Waals surface area contributed by atoms with Gasteiger partial charge in [0.15, 0.2) is 0 Å². The van der Waals surface area contributed by atoms with Crippen molar-refractivity contribution < 1.29 is 13.2 Å². The topological polar surface area (TPSA) is 139 Å². The molecule has 0 saturated carbocycles. The number of aromatic nitrogens is 2. The summed E-state index contributed by atoms with van der Waals surface area (Å²) in [6.45, 7) is 3.84. The summed E-state index contributed by atoms with van der Waals surface area (Å²) >= 11 is 0. The first-order valence-corrected chi connectivity index (χ1v) is 12.3. The number of benzene rings is 1. The number of piperidine rings is 1. The molecule has 1 unspecified atom stereocenters. The van der Waals surface area contributed by atoms with Gasteiger partial charge in [-0.1, -0.05) is 13.0 Å². The van der Waals surface area contributed by atoms with Crippen LogP contribution in [-0.4, -0.2) is 47.9 Å². The number of hydrogen-bond acceptors (Lipinski definition) is 5. The predicted octanol–water partition coefficient (Wildman–Crippen LogP) is 2.13. The molecule has 3 heterocycles. The van der Waals surface area contributed by atoms with E-state index < -0.39 is 16.1 Å². The first-order chi connectivity index (χ1) is 15.3. The fourth-order valence-electron chi connectivity index (χ4n) is 4.23. The molecule has 1 fully saturated rings. The second-order valence-corrected chi connectivity index (χ2v) is 10.2. The number of carbonyl (C=O) groups is 1. The molecule has 172 valence electrons. The maximum atomic E-state index is 13.4. The summed E-state index contributed by atoms with van der Waals surface area (Å²) in [6.07, 6.45) is 5.48. The van der Waals surface area contributed by atoms with Gasteiger partial charge in [-0.05, 0) is 49.4 Å². The minimum Gasteiger partial charge on any atom is -0.397 e. The quantitative estimate of drug-likeness (QED) is 0.429. The van der Waals surface area contributed by atoms with Crippen LogP contribution in [0.4, 0.5) is 11.5 Å². The van der Waals surface area contributed by atoms with Gasteiger partial charge < -0.3 is 25.9 Å². The van der Waals surface area contributed by atoms with E-state index in [2.05, 4.69) is 16.6 Å². The summed E-state index contributed by atoms with van der Waals surface area (Å²) in [4.78, 5) is 18.2. The Labute approximate surface area is 187 Å². The molecule has 32 heavy (non-hydrogen) atoms. The van der Waals surface area contributed by atoms with E-state index in [1.54, 1.807) is 33.9 Å². The Kier molecular flexibility index (Phi) is 6.16. The summed E-state index contributed by atoms with van der Waals surface area (Å²) in [7, 11) is -4.01. The molecule has 0 radical (unpaired) electrons. The molecule has 0 aliphatic carbocycles. The summed E-state index contributed by atoms with van der Waals surface area (Å²) < 4.78 is 31.3. The van der Waals surface area contributed by atoms with Crippen molar-refractivity contribution in [2.45, 2.75) is 43.7 Å². The number of rotatable bonds is 7. The third kappa shape index (κ3) is 4.46. The van der Waals surface area contributed by atoms with Crippen LogP contribution < -0.4 is 16.2 Å². The Balaban J connectivity index is 1.61. The number of nitrogens with zero attached hydrogens (tertiary/aromatic N) is 2. The van der Waals surface area contributed by atoms with Gasteiger partial charge >= 0.3 is 0 Å². The van der Waals surface area contributed by atoms with Crippen LogP contribution >= 0.6 is 0 Å². The number of amides is 1. The number of nitrogens with two attached hydrogens (primary N) is 2. The fourth-order valence-corrected chi connectivity index (χ4v) is 5.71. The molecule has 2 aromatic heterocycles. The van der Waals surface area contributed by atoms with Crippen LogP contribution in [0.25, 0.3) is 10.9 Å². The van der Waals surface area contributed by atoms with Crippen LogP contribution in [0.15, 0.2) is 47.6 Å². The molecule has 1 aliphatic rings. The van der Waals surface area contributed by atoms with Crippen molar-refractivity contribution in [3.05, 3.63) is 42.7 Å². The minimum atomic E-state index is -4.01. The number of aryl methyl sites for hydroxylation is 1. The lowest BCUT2D eigenvalue weighted by atomic mass is 9.98. The maximum Gasteiger partial charge on any atom is 0.242 e. The molecular weight excluding hydrogens is 428 g/mol. The number of aromatic amines is 1. The number of anilines is 2. The second kappa shape index (κ2) is 8.87. The zero-order valence-electron chi connectivity index (χ0n) is 18.1. The molecule has 6 N–H and O–H groups in total. The molecule has 10 heteroatoms. The molecule has 1 aliphatic heterocycles. The summed E-state index contributed by atoms with van der Waals surface area (Å²) in [5.41, 5.74) is 12.9. The Morgan fingerprint density at radius 2 is 1.97 bits per heavy atom. The van der Waals surface area contributed by atoms with E-state index in [0.717, 1.165) is 12.8 Å². The van der Waals surface area contributed by atoms with Gasteiger partial charge in [-0.25, -0.2) is 8.42 Å². The van der Waals surface area contributed by atoms with Gasteiger partial charge in [0.2, 0.25) is 15.9 Å². The van der Waals surface area contributed by atoms with Gasteiger partial charge in [-0.15, -0.1) is 0 Å². The van der Waals surface area contributed by atoms with Crippen LogP contribution in [0.5, 0.6) is 0 Å². The lowest BCUT2D eigenvalue weighted by Gasteiger charge is -2.33. The molecule has 0 bridgehead atoms. The van der Waals surface area contributed by atoms with Crippen molar-refractivity contribution >= 4 is 38.3 Å².